The molecule has 0 unspecified atom stereocenters. The van der Waals surface area contributed by atoms with Gasteiger partial charge in [0, 0.05) is 17.8 Å². The zero-order valence-corrected chi connectivity index (χ0v) is 16.4. The van der Waals surface area contributed by atoms with Crippen LogP contribution in [0.15, 0.2) is 42.5 Å². The third-order valence-electron chi connectivity index (χ3n) is 5.42. The van der Waals surface area contributed by atoms with Gasteiger partial charge in [-0.1, -0.05) is 0 Å². The van der Waals surface area contributed by atoms with E-state index in [0.717, 1.165) is 6.07 Å². The number of nitrogens with zero attached hydrogens (tertiary/aromatic N) is 2. The summed E-state index contributed by atoms with van der Waals surface area (Å²) in [6.07, 6.45) is 1.20. The first-order valence-electron chi connectivity index (χ1n) is 9.68. The number of halogens is 1. The lowest BCUT2D eigenvalue weighted by molar-refractivity contribution is -0.124. The largest absolute Gasteiger partial charge is 0.327 e. The third kappa shape index (κ3) is 3.56. The monoisotopic (exact) mass is 409 g/mol. The average Bonchev–Trinajstić information content (AvgIpc) is 3.19. The number of ketones is 1. The molecule has 154 valence electrons. The second kappa shape index (κ2) is 7.70. The fourth-order valence-electron chi connectivity index (χ4n) is 3.92. The summed E-state index contributed by atoms with van der Waals surface area (Å²) in [4.78, 5) is 52.8. The molecule has 3 amide bonds. The fraction of sp³-hybridized carbons (Fsp3) is 0.273. The second-order valence-corrected chi connectivity index (χ2v) is 7.42. The summed E-state index contributed by atoms with van der Waals surface area (Å²) >= 11 is 0. The number of Topliss-reactive ketones (excluding diaryl/α,β-unsaturated/α-hetero) is 1. The summed E-state index contributed by atoms with van der Waals surface area (Å²) in [6.45, 7) is 1.54. The Morgan fingerprint density at radius 3 is 2.57 bits per heavy atom. The molecule has 0 aromatic heterocycles. The van der Waals surface area contributed by atoms with Gasteiger partial charge in [0.25, 0.3) is 5.91 Å². The average molecular weight is 409 g/mol. The minimum atomic E-state index is -0.657. The lowest BCUT2D eigenvalue weighted by Gasteiger charge is -2.25. The van der Waals surface area contributed by atoms with Gasteiger partial charge in [0.15, 0.2) is 5.78 Å². The molecular formula is C22H20FN3O4. The van der Waals surface area contributed by atoms with Crippen molar-refractivity contribution in [2.24, 2.45) is 0 Å². The standard InChI is InChI=1S/C22H20FN3O4/c1-13(27)14-4-7-16(8-5-14)24-20(28)12-26-19-11-15(23)6-9-17(19)21(29)25-10-2-3-18(25)22(26)30/h4-9,11,18H,2-3,10,12H2,1H3,(H,24,28)/t18-/m0/s1. The lowest BCUT2D eigenvalue weighted by atomic mass is 10.1. The molecule has 7 nitrogen and oxygen atoms in total. The molecule has 0 saturated carbocycles. The highest BCUT2D eigenvalue weighted by molar-refractivity contribution is 6.13. The van der Waals surface area contributed by atoms with Crippen LogP contribution in [0.1, 0.15) is 40.5 Å². The first-order valence-corrected chi connectivity index (χ1v) is 9.68. The lowest BCUT2D eigenvalue weighted by Crippen LogP contribution is -2.47. The topological polar surface area (TPSA) is 86.8 Å². The van der Waals surface area contributed by atoms with E-state index in [9.17, 15) is 23.6 Å². The molecule has 2 aromatic rings. The third-order valence-corrected chi connectivity index (χ3v) is 5.42. The van der Waals surface area contributed by atoms with Gasteiger partial charge in [-0.25, -0.2) is 4.39 Å². The molecule has 0 bridgehead atoms. The van der Waals surface area contributed by atoms with Gasteiger partial charge >= 0.3 is 0 Å². The van der Waals surface area contributed by atoms with Crippen molar-refractivity contribution in [1.29, 1.82) is 0 Å². The Balaban J connectivity index is 1.61. The maximum absolute atomic E-state index is 13.9. The Morgan fingerprint density at radius 1 is 1.13 bits per heavy atom. The Kier molecular flexibility index (Phi) is 5.07. The first kappa shape index (κ1) is 19.8. The molecule has 0 spiro atoms. The van der Waals surface area contributed by atoms with E-state index in [4.69, 9.17) is 0 Å². The first-order chi connectivity index (χ1) is 14.3. The summed E-state index contributed by atoms with van der Waals surface area (Å²) < 4.78 is 13.9. The van der Waals surface area contributed by atoms with Crippen LogP contribution in [0.5, 0.6) is 0 Å². The molecule has 30 heavy (non-hydrogen) atoms. The zero-order valence-electron chi connectivity index (χ0n) is 16.4. The van der Waals surface area contributed by atoms with Crippen LogP contribution in [-0.4, -0.2) is 47.5 Å². The van der Waals surface area contributed by atoms with Gasteiger partial charge in [-0.2, -0.15) is 0 Å². The van der Waals surface area contributed by atoms with E-state index in [2.05, 4.69) is 5.32 Å². The minimum Gasteiger partial charge on any atom is -0.327 e. The Morgan fingerprint density at radius 2 is 1.87 bits per heavy atom. The highest BCUT2D eigenvalue weighted by Gasteiger charge is 2.42. The van der Waals surface area contributed by atoms with Crippen molar-refractivity contribution in [3.8, 4) is 0 Å². The van der Waals surface area contributed by atoms with E-state index >= 15 is 0 Å². The zero-order chi connectivity index (χ0) is 21.4. The van der Waals surface area contributed by atoms with Crippen LogP contribution in [0, 0.1) is 5.82 Å². The van der Waals surface area contributed by atoms with Crippen LogP contribution in [0.25, 0.3) is 0 Å². The van der Waals surface area contributed by atoms with Crippen molar-refractivity contribution >= 4 is 34.9 Å². The molecule has 2 aromatic carbocycles. The fourth-order valence-corrected chi connectivity index (χ4v) is 3.92. The highest BCUT2D eigenvalue weighted by Crippen LogP contribution is 2.33. The quantitative estimate of drug-likeness (QED) is 0.787. The van der Waals surface area contributed by atoms with Crippen molar-refractivity contribution in [1.82, 2.24) is 4.90 Å². The molecule has 1 saturated heterocycles. The summed E-state index contributed by atoms with van der Waals surface area (Å²) in [5.41, 5.74) is 1.28. The molecule has 2 aliphatic heterocycles. The molecule has 1 fully saturated rings. The minimum absolute atomic E-state index is 0.0903. The van der Waals surface area contributed by atoms with Crippen LogP contribution in [0.3, 0.4) is 0 Å². The molecule has 1 atom stereocenters. The molecule has 2 aliphatic rings. The van der Waals surface area contributed by atoms with E-state index in [1.54, 1.807) is 24.3 Å². The van der Waals surface area contributed by atoms with Gasteiger partial charge in [-0.05, 0) is 62.2 Å². The number of carbonyl (C=O) groups excluding carboxylic acids is 4. The van der Waals surface area contributed by atoms with E-state index < -0.39 is 23.7 Å². The van der Waals surface area contributed by atoms with Gasteiger partial charge in [0.05, 0.1) is 11.3 Å². The number of carbonyl (C=O) groups is 4. The molecule has 4 rings (SSSR count). The van der Waals surface area contributed by atoms with Gasteiger partial charge in [-0.15, -0.1) is 0 Å². The molecule has 0 radical (unpaired) electrons. The van der Waals surface area contributed by atoms with E-state index in [1.807, 2.05) is 0 Å². The smallest absolute Gasteiger partial charge is 0.256 e. The van der Waals surface area contributed by atoms with Gasteiger partial charge in [0.1, 0.15) is 18.4 Å². The van der Waals surface area contributed by atoms with Crippen LogP contribution >= 0.6 is 0 Å². The predicted octanol–water partition coefficient (Wildman–Crippen LogP) is 2.62. The number of rotatable bonds is 4. The normalized spacial score (nSPS) is 18.0. The van der Waals surface area contributed by atoms with E-state index in [0.29, 0.717) is 30.6 Å². The molecule has 2 heterocycles. The molecule has 1 N–H and O–H groups in total. The van der Waals surface area contributed by atoms with E-state index in [1.165, 1.54) is 28.9 Å². The number of benzene rings is 2. The van der Waals surface area contributed by atoms with Crippen molar-refractivity contribution in [2.45, 2.75) is 25.8 Å². The highest BCUT2D eigenvalue weighted by atomic mass is 19.1. The summed E-state index contributed by atoms with van der Waals surface area (Å²) in [5, 5.41) is 2.68. The van der Waals surface area contributed by atoms with Crippen LogP contribution in [0.2, 0.25) is 0 Å². The maximum atomic E-state index is 13.9. The predicted molar refractivity (Wildman–Crippen MR) is 108 cm³/mol. The Hall–Kier alpha value is -3.55. The number of nitrogens with one attached hydrogen (secondary N) is 1. The number of anilines is 2. The van der Waals surface area contributed by atoms with Crippen LogP contribution in [0.4, 0.5) is 15.8 Å². The summed E-state index contributed by atoms with van der Waals surface area (Å²) in [5.74, 6) is -1.90. The van der Waals surface area contributed by atoms with Crippen LogP contribution < -0.4 is 10.2 Å². The maximum Gasteiger partial charge on any atom is 0.256 e. The van der Waals surface area contributed by atoms with Crippen molar-refractivity contribution in [2.75, 3.05) is 23.3 Å². The van der Waals surface area contributed by atoms with Crippen molar-refractivity contribution in [3.05, 3.63) is 59.4 Å². The van der Waals surface area contributed by atoms with Gasteiger partial charge < -0.3 is 15.1 Å². The summed E-state index contributed by atoms with van der Waals surface area (Å²) in [6, 6.07) is 9.35. The number of hydrogen-bond donors (Lipinski definition) is 1. The Labute approximate surface area is 172 Å². The van der Waals surface area contributed by atoms with Gasteiger partial charge in [-0.3, -0.25) is 19.2 Å². The SMILES string of the molecule is CC(=O)c1ccc(NC(=O)CN2C(=O)[C@@H]3CCCN3C(=O)c3ccc(F)cc32)cc1. The number of hydrogen-bond acceptors (Lipinski definition) is 4. The van der Waals surface area contributed by atoms with Crippen molar-refractivity contribution in [3.63, 3.8) is 0 Å². The molecular weight excluding hydrogens is 389 g/mol. The van der Waals surface area contributed by atoms with E-state index in [-0.39, 0.29) is 29.5 Å². The number of amides is 3. The summed E-state index contributed by atoms with van der Waals surface area (Å²) in [7, 11) is 0. The van der Waals surface area contributed by atoms with Crippen molar-refractivity contribution < 1.29 is 23.6 Å². The Bertz CT molecular complexity index is 1050. The molecule has 8 heteroatoms. The van der Waals surface area contributed by atoms with Gasteiger partial charge in [0.2, 0.25) is 11.8 Å². The number of fused-ring (bicyclic) bond motifs is 2. The second-order valence-electron chi connectivity index (χ2n) is 7.42. The van der Waals surface area contributed by atoms with Crippen LogP contribution in [-0.2, 0) is 9.59 Å². The molecule has 0 aliphatic carbocycles.